The lowest BCUT2D eigenvalue weighted by Crippen LogP contribution is -2.31. The van der Waals surface area contributed by atoms with Crippen molar-refractivity contribution in [1.82, 2.24) is 14.7 Å². The Balaban J connectivity index is 1.47. The van der Waals surface area contributed by atoms with Gasteiger partial charge < -0.3 is 9.64 Å². The predicted octanol–water partition coefficient (Wildman–Crippen LogP) is 4.13. The first-order valence-electron chi connectivity index (χ1n) is 10.2. The second kappa shape index (κ2) is 8.11. The summed E-state index contributed by atoms with van der Waals surface area (Å²) in [5.41, 5.74) is 6.27. The molecule has 1 aliphatic carbocycles. The van der Waals surface area contributed by atoms with Gasteiger partial charge in [0, 0.05) is 18.3 Å². The van der Waals surface area contributed by atoms with E-state index in [-0.39, 0.29) is 5.91 Å². The summed E-state index contributed by atoms with van der Waals surface area (Å²) in [5, 5.41) is 4.71. The molecule has 1 aromatic heterocycles. The van der Waals surface area contributed by atoms with Crippen LogP contribution in [0.5, 0.6) is 5.75 Å². The number of aromatic nitrogens is 2. The third-order valence-electron chi connectivity index (χ3n) is 5.47. The van der Waals surface area contributed by atoms with Crippen molar-refractivity contribution in [3.63, 3.8) is 0 Å². The van der Waals surface area contributed by atoms with Gasteiger partial charge in [-0.25, -0.2) is 4.68 Å². The van der Waals surface area contributed by atoms with E-state index in [2.05, 4.69) is 31.2 Å². The average molecular weight is 389 g/mol. The van der Waals surface area contributed by atoms with Gasteiger partial charge in [0.1, 0.15) is 12.4 Å². The molecule has 1 amide bonds. The van der Waals surface area contributed by atoms with Gasteiger partial charge in [0.05, 0.1) is 12.2 Å². The third-order valence-corrected chi connectivity index (χ3v) is 5.47. The molecule has 4 rings (SSSR count). The van der Waals surface area contributed by atoms with Gasteiger partial charge in [-0.15, -0.1) is 0 Å². The van der Waals surface area contributed by atoms with Crippen LogP contribution in [0.3, 0.4) is 0 Å². The number of nitrogens with zero attached hydrogens (tertiary/aromatic N) is 3. The van der Waals surface area contributed by atoms with Gasteiger partial charge in [-0.1, -0.05) is 35.4 Å². The number of aryl methyl sites for hydroxylation is 2. The van der Waals surface area contributed by atoms with Crippen molar-refractivity contribution in [1.29, 1.82) is 0 Å². The van der Waals surface area contributed by atoms with Crippen LogP contribution in [-0.2, 0) is 12.8 Å². The summed E-state index contributed by atoms with van der Waals surface area (Å²) in [7, 11) is 1.81. The summed E-state index contributed by atoms with van der Waals surface area (Å²) < 4.78 is 7.73. The molecule has 2 aromatic carbocycles. The molecule has 1 heterocycles. The highest BCUT2D eigenvalue weighted by Gasteiger charge is 2.28. The van der Waals surface area contributed by atoms with Crippen molar-refractivity contribution < 1.29 is 9.53 Å². The van der Waals surface area contributed by atoms with E-state index in [4.69, 9.17) is 9.84 Å². The lowest BCUT2D eigenvalue weighted by molar-refractivity contribution is 0.0766. The van der Waals surface area contributed by atoms with Crippen molar-refractivity contribution in [2.75, 3.05) is 20.2 Å². The summed E-state index contributed by atoms with van der Waals surface area (Å²) >= 11 is 0. The maximum atomic E-state index is 13.1. The first-order chi connectivity index (χ1) is 14.0. The van der Waals surface area contributed by atoms with Gasteiger partial charge >= 0.3 is 0 Å². The summed E-state index contributed by atoms with van der Waals surface area (Å²) in [6, 6.07) is 16.2. The van der Waals surface area contributed by atoms with E-state index in [9.17, 15) is 4.79 Å². The van der Waals surface area contributed by atoms with E-state index in [1.165, 1.54) is 16.8 Å². The molecule has 5 nitrogen and oxygen atoms in total. The highest BCUT2D eigenvalue weighted by atomic mass is 16.5. The van der Waals surface area contributed by atoms with E-state index in [1.807, 2.05) is 42.9 Å². The summed E-state index contributed by atoms with van der Waals surface area (Å²) in [6.07, 6.45) is 2.94. The highest BCUT2D eigenvalue weighted by Crippen LogP contribution is 2.28. The minimum absolute atomic E-state index is 0.0403. The van der Waals surface area contributed by atoms with Crippen LogP contribution in [0.2, 0.25) is 0 Å². The maximum Gasteiger partial charge on any atom is 0.274 e. The molecule has 1 aliphatic rings. The predicted molar refractivity (Wildman–Crippen MR) is 114 cm³/mol. The van der Waals surface area contributed by atoms with Gasteiger partial charge in [0.2, 0.25) is 0 Å². The minimum Gasteiger partial charge on any atom is -0.492 e. The summed E-state index contributed by atoms with van der Waals surface area (Å²) in [5.74, 6) is 0.780. The number of hydrogen-bond donors (Lipinski definition) is 0. The van der Waals surface area contributed by atoms with E-state index in [0.717, 1.165) is 36.3 Å². The lowest BCUT2D eigenvalue weighted by Gasteiger charge is -2.17. The topological polar surface area (TPSA) is 47.4 Å². The molecular formula is C24H27N3O2. The van der Waals surface area contributed by atoms with Crippen LogP contribution in [0.4, 0.5) is 0 Å². The van der Waals surface area contributed by atoms with E-state index < -0.39 is 0 Å². The largest absolute Gasteiger partial charge is 0.492 e. The molecule has 150 valence electrons. The standard InChI is InChI=1S/C24H27N3O2/c1-17-7-11-19(12-8-17)27-22-6-4-5-21(22)23(25-27)24(28)26(3)15-16-29-20-13-9-18(2)10-14-20/h7-14H,4-6,15-16H2,1-3H3. The molecule has 0 unspecified atom stereocenters. The number of ether oxygens (including phenoxy) is 1. The van der Waals surface area contributed by atoms with Crippen molar-refractivity contribution >= 4 is 5.91 Å². The fraction of sp³-hybridized carbons (Fsp3) is 0.333. The Hall–Kier alpha value is -3.08. The van der Waals surface area contributed by atoms with Crippen LogP contribution in [0, 0.1) is 13.8 Å². The van der Waals surface area contributed by atoms with E-state index >= 15 is 0 Å². The molecule has 3 aromatic rings. The van der Waals surface area contributed by atoms with Gasteiger partial charge in [0.15, 0.2) is 5.69 Å². The molecular weight excluding hydrogens is 362 g/mol. The van der Waals surface area contributed by atoms with Gasteiger partial charge in [-0.2, -0.15) is 5.10 Å². The molecule has 0 saturated carbocycles. The number of likely N-dealkylation sites (N-methyl/N-ethyl adjacent to an activating group) is 1. The van der Waals surface area contributed by atoms with E-state index in [1.54, 1.807) is 4.90 Å². The van der Waals surface area contributed by atoms with Gasteiger partial charge in [0.25, 0.3) is 5.91 Å². The van der Waals surface area contributed by atoms with Crippen LogP contribution < -0.4 is 4.74 Å². The van der Waals surface area contributed by atoms with Crippen molar-refractivity contribution in [3.8, 4) is 11.4 Å². The molecule has 29 heavy (non-hydrogen) atoms. The quantitative estimate of drug-likeness (QED) is 0.637. The third kappa shape index (κ3) is 4.04. The molecule has 0 N–H and O–H groups in total. The van der Waals surface area contributed by atoms with Crippen LogP contribution >= 0.6 is 0 Å². The number of fused-ring (bicyclic) bond motifs is 1. The van der Waals surface area contributed by atoms with Crippen LogP contribution in [0.15, 0.2) is 48.5 Å². The molecule has 0 spiro atoms. The molecule has 0 bridgehead atoms. The first-order valence-corrected chi connectivity index (χ1v) is 10.2. The zero-order valence-corrected chi connectivity index (χ0v) is 17.3. The average Bonchev–Trinajstić information content (AvgIpc) is 3.32. The number of carbonyl (C=O) groups is 1. The zero-order chi connectivity index (χ0) is 20.4. The Morgan fingerprint density at radius 3 is 2.38 bits per heavy atom. The molecule has 0 fully saturated rings. The monoisotopic (exact) mass is 389 g/mol. The number of hydrogen-bond acceptors (Lipinski definition) is 3. The Labute approximate surface area is 171 Å². The summed E-state index contributed by atoms with van der Waals surface area (Å²) in [6.45, 7) is 5.08. The second-order valence-electron chi connectivity index (χ2n) is 7.76. The highest BCUT2D eigenvalue weighted by molar-refractivity contribution is 5.94. The van der Waals surface area contributed by atoms with Crippen LogP contribution in [0.1, 0.15) is 39.3 Å². The summed E-state index contributed by atoms with van der Waals surface area (Å²) in [4.78, 5) is 14.8. The molecule has 0 atom stereocenters. The smallest absolute Gasteiger partial charge is 0.274 e. The number of carbonyl (C=O) groups excluding carboxylic acids is 1. The number of benzene rings is 2. The molecule has 0 radical (unpaired) electrons. The van der Waals surface area contributed by atoms with Crippen LogP contribution in [-0.4, -0.2) is 40.8 Å². The number of rotatable bonds is 6. The van der Waals surface area contributed by atoms with Crippen molar-refractivity contribution in [2.45, 2.75) is 33.1 Å². The SMILES string of the molecule is Cc1ccc(OCCN(C)C(=O)c2nn(-c3ccc(C)cc3)c3c2CCC3)cc1. The van der Waals surface area contributed by atoms with Crippen LogP contribution in [0.25, 0.3) is 5.69 Å². The molecule has 0 saturated heterocycles. The Kier molecular flexibility index (Phi) is 5.38. The second-order valence-corrected chi connectivity index (χ2v) is 7.76. The first kappa shape index (κ1) is 19.2. The van der Waals surface area contributed by atoms with Gasteiger partial charge in [-0.05, 0) is 57.4 Å². The molecule has 0 aliphatic heterocycles. The van der Waals surface area contributed by atoms with Crippen molar-refractivity contribution in [2.24, 2.45) is 0 Å². The van der Waals surface area contributed by atoms with E-state index in [0.29, 0.717) is 18.8 Å². The molecule has 5 heteroatoms. The Bertz CT molecular complexity index is 1000. The number of amides is 1. The zero-order valence-electron chi connectivity index (χ0n) is 17.3. The lowest BCUT2D eigenvalue weighted by atomic mass is 10.2. The fourth-order valence-electron chi connectivity index (χ4n) is 3.73. The van der Waals surface area contributed by atoms with Gasteiger partial charge in [-0.3, -0.25) is 4.79 Å². The fourth-order valence-corrected chi connectivity index (χ4v) is 3.73. The maximum absolute atomic E-state index is 13.1. The Morgan fingerprint density at radius 1 is 1.03 bits per heavy atom. The minimum atomic E-state index is -0.0403. The van der Waals surface area contributed by atoms with Crippen molar-refractivity contribution in [3.05, 3.63) is 76.6 Å². The Morgan fingerprint density at radius 2 is 1.69 bits per heavy atom. The normalized spacial score (nSPS) is 12.7.